The molecule has 33 heavy (non-hydrogen) atoms. The van der Waals surface area contributed by atoms with Crippen molar-refractivity contribution in [1.29, 1.82) is 0 Å². The third kappa shape index (κ3) is 5.44. The van der Waals surface area contributed by atoms with Gasteiger partial charge < -0.3 is 9.47 Å². The summed E-state index contributed by atoms with van der Waals surface area (Å²) in [5.41, 5.74) is 0.568. The Bertz CT molecular complexity index is 1210. The predicted octanol–water partition coefficient (Wildman–Crippen LogP) is 6.29. The molecule has 0 bridgehead atoms. The molecular weight excluding hydrogens is 432 g/mol. The third-order valence-corrected chi connectivity index (χ3v) is 5.55. The van der Waals surface area contributed by atoms with Crippen molar-refractivity contribution < 1.29 is 27.0 Å². The maximum absolute atomic E-state index is 14.6. The van der Waals surface area contributed by atoms with Gasteiger partial charge in [0.05, 0.1) is 18.8 Å². The summed E-state index contributed by atoms with van der Waals surface area (Å²) in [6, 6.07) is 9.38. The molecule has 3 aromatic carbocycles. The highest BCUT2D eigenvalue weighted by Crippen LogP contribution is 2.23. The molecule has 0 aromatic heterocycles. The Morgan fingerprint density at radius 2 is 1.64 bits per heavy atom. The molecule has 6 heteroatoms. The Balaban J connectivity index is 1.44. The van der Waals surface area contributed by atoms with E-state index in [2.05, 4.69) is 18.4 Å². The fourth-order valence-electron chi connectivity index (χ4n) is 3.77. The quantitative estimate of drug-likeness (QED) is 0.256. The first-order chi connectivity index (χ1) is 15.9. The number of halogens is 4. The Hall–Kier alpha value is -3.14. The zero-order valence-corrected chi connectivity index (χ0v) is 17.8. The summed E-state index contributed by atoms with van der Waals surface area (Å²) in [5.74, 6) is 2.08. The van der Waals surface area contributed by atoms with Crippen molar-refractivity contribution in [1.82, 2.24) is 0 Å². The van der Waals surface area contributed by atoms with E-state index in [1.807, 2.05) is 6.08 Å². The second-order valence-electron chi connectivity index (χ2n) is 8.01. The molecule has 2 nitrogen and oxygen atoms in total. The lowest BCUT2D eigenvalue weighted by Gasteiger charge is -2.28. The van der Waals surface area contributed by atoms with Gasteiger partial charge >= 0.3 is 0 Å². The highest BCUT2D eigenvalue weighted by Gasteiger charge is 2.21. The summed E-state index contributed by atoms with van der Waals surface area (Å²) < 4.78 is 67.6. The van der Waals surface area contributed by atoms with Crippen molar-refractivity contribution >= 4 is 10.8 Å². The summed E-state index contributed by atoms with van der Waals surface area (Å²) in [5, 5.41) is 0.560. The fraction of sp³-hybridized carbons (Fsp3) is 0.259. The van der Waals surface area contributed by atoms with Gasteiger partial charge in [0.15, 0.2) is 17.9 Å². The number of aryl methyl sites for hydroxylation is 1. The summed E-state index contributed by atoms with van der Waals surface area (Å²) >= 11 is 0. The van der Waals surface area contributed by atoms with Gasteiger partial charge in [0.2, 0.25) is 0 Å². The number of fused-ring (bicyclic) bond motifs is 1. The van der Waals surface area contributed by atoms with Crippen molar-refractivity contribution in [2.75, 3.05) is 13.2 Å². The van der Waals surface area contributed by atoms with E-state index >= 15 is 0 Å². The van der Waals surface area contributed by atoms with Crippen molar-refractivity contribution in [3.8, 4) is 11.8 Å². The molecule has 0 spiro atoms. The van der Waals surface area contributed by atoms with Crippen LogP contribution in [0.1, 0.15) is 29.5 Å². The van der Waals surface area contributed by atoms with Gasteiger partial charge in [-0.05, 0) is 54.1 Å². The minimum Gasteiger partial charge on any atom is -0.352 e. The highest BCUT2D eigenvalue weighted by atomic mass is 19.2. The number of hydrogen-bond acceptors (Lipinski definition) is 2. The van der Waals surface area contributed by atoms with Crippen LogP contribution in [0.2, 0.25) is 0 Å². The van der Waals surface area contributed by atoms with E-state index < -0.39 is 29.6 Å². The minimum absolute atomic E-state index is 0.115. The van der Waals surface area contributed by atoms with E-state index in [9.17, 15) is 17.6 Å². The van der Waals surface area contributed by atoms with Gasteiger partial charge in [-0.25, -0.2) is 17.6 Å². The van der Waals surface area contributed by atoms with E-state index in [0.717, 1.165) is 12.5 Å². The third-order valence-electron chi connectivity index (χ3n) is 5.55. The summed E-state index contributed by atoms with van der Waals surface area (Å²) in [6.45, 7) is 4.85. The van der Waals surface area contributed by atoms with Crippen molar-refractivity contribution in [2.24, 2.45) is 5.92 Å². The first kappa shape index (κ1) is 23.0. The van der Waals surface area contributed by atoms with Crippen LogP contribution in [-0.2, 0) is 15.9 Å². The summed E-state index contributed by atoms with van der Waals surface area (Å²) in [4.78, 5) is 0. The standard InChI is InChI=1S/C27H22F4O2/c1-2-3-19-15-32-26(33-16-19)11-6-18-13-24(29)22(25(30)14-18)9-5-17-4-8-21-20(12-17)7-10-23(28)27(21)31/h2,4,7-8,10,12-14,19,26H,1,3,6,11,15-16H2. The minimum atomic E-state index is -0.944. The smallest absolute Gasteiger partial charge is 0.166 e. The average molecular weight is 454 g/mol. The molecule has 0 amide bonds. The molecule has 0 radical (unpaired) electrons. The van der Waals surface area contributed by atoms with Gasteiger partial charge in [-0.1, -0.05) is 30.0 Å². The molecule has 0 N–H and O–H groups in total. The summed E-state index contributed by atoms with van der Waals surface area (Å²) in [7, 11) is 0. The fourth-order valence-corrected chi connectivity index (χ4v) is 3.77. The predicted molar refractivity (Wildman–Crippen MR) is 119 cm³/mol. The Labute approximate surface area is 189 Å². The molecule has 170 valence electrons. The number of hydrogen-bond donors (Lipinski definition) is 0. The van der Waals surface area contributed by atoms with Gasteiger partial charge in [0.1, 0.15) is 11.6 Å². The van der Waals surface area contributed by atoms with Crippen LogP contribution in [0.25, 0.3) is 10.8 Å². The van der Waals surface area contributed by atoms with Crippen LogP contribution in [0.3, 0.4) is 0 Å². The van der Waals surface area contributed by atoms with Crippen LogP contribution in [0.5, 0.6) is 0 Å². The van der Waals surface area contributed by atoms with E-state index in [1.165, 1.54) is 30.3 Å². The average Bonchev–Trinajstić information content (AvgIpc) is 2.81. The molecule has 1 aliphatic heterocycles. The number of ether oxygens (including phenoxy) is 2. The number of rotatable bonds is 5. The molecule has 3 aromatic rings. The van der Waals surface area contributed by atoms with Crippen LogP contribution in [0.4, 0.5) is 17.6 Å². The van der Waals surface area contributed by atoms with Crippen LogP contribution < -0.4 is 0 Å². The Morgan fingerprint density at radius 3 is 2.33 bits per heavy atom. The molecule has 4 rings (SSSR count). The SMILES string of the molecule is C=CCC1COC(CCc2cc(F)c(C#Cc3ccc4c(F)c(F)ccc4c3)c(F)c2)OC1. The maximum atomic E-state index is 14.6. The molecule has 0 aliphatic carbocycles. The topological polar surface area (TPSA) is 18.5 Å². The van der Waals surface area contributed by atoms with E-state index in [0.29, 0.717) is 42.6 Å². The van der Waals surface area contributed by atoms with E-state index in [1.54, 1.807) is 6.07 Å². The molecule has 0 saturated carbocycles. The lowest BCUT2D eigenvalue weighted by molar-refractivity contribution is -0.201. The van der Waals surface area contributed by atoms with E-state index in [4.69, 9.17) is 9.47 Å². The lowest BCUT2D eigenvalue weighted by atomic mass is 10.0. The first-order valence-corrected chi connectivity index (χ1v) is 10.7. The van der Waals surface area contributed by atoms with Crippen molar-refractivity contribution in [3.05, 3.63) is 95.1 Å². The van der Waals surface area contributed by atoms with Crippen LogP contribution >= 0.6 is 0 Å². The van der Waals surface area contributed by atoms with Gasteiger partial charge in [-0.3, -0.25) is 0 Å². The second kappa shape index (κ2) is 10.2. The van der Waals surface area contributed by atoms with Crippen LogP contribution in [0.15, 0.2) is 55.1 Å². The molecule has 1 saturated heterocycles. The second-order valence-corrected chi connectivity index (χ2v) is 8.01. The van der Waals surface area contributed by atoms with Gasteiger partial charge in [-0.15, -0.1) is 6.58 Å². The highest BCUT2D eigenvalue weighted by molar-refractivity contribution is 5.84. The van der Waals surface area contributed by atoms with Gasteiger partial charge in [0, 0.05) is 23.3 Å². The van der Waals surface area contributed by atoms with Crippen molar-refractivity contribution in [3.63, 3.8) is 0 Å². The first-order valence-electron chi connectivity index (χ1n) is 10.7. The normalized spacial score (nSPS) is 18.1. The van der Waals surface area contributed by atoms with E-state index in [-0.39, 0.29) is 16.9 Å². The zero-order chi connectivity index (χ0) is 23.4. The monoisotopic (exact) mass is 454 g/mol. The summed E-state index contributed by atoms with van der Waals surface area (Å²) in [6.07, 6.45) is 3.13. The molecule has 1 heterocycles. The molecule has 0 atom stereocenters. The van der Waals surface area contributed by atoms with Crippen LogP contribution in [0, 0.1) is 41.0 Å². The van der Waals surface area contributed by atoms with Crippen LogP contribution in [-0.4, -0.2) is 19.5 Å². The Morgan fingerprint density at radius 1 is 0.909 bits per heavy atom. The maximum Gasteiger partial charge on any atom is 0.166 e. The molecule has 0 unspecified atom stereocenters. The molecule has 1 fully saturated rings. The number of allylic oxidation sites excluding steroid dienone is 1. The van der Waals surface area contributed by atoms with Gasteiger partial charge in [0.25, 0.3) is 0 Å². The zero-order valence-electron chi connectivity index (χ0n) is 17.8. The van der Waals surface area contributed by atoms with Crippen molar-refractivity contribution in [2.45, 2.75) is 25.6 Å². The van der Waals surface area contributed by atoms with Gasteiger partial charge in [-0.2, -0.15) is 0 Å². The lowest BCUT2D eigenvalue weighted by Crippen LogP contribution is -2.32. The number of benzene rings is 3. The Kier molecular flexibility index (Phi) is 7.12. The molecule has 1 aliphatic rings. The molecular formula is C27H22F4O2. The largest absolute Gasteiger partial charge is 0.352 e.